The molecule has 0 aliphatic carbocycles. The van der Waals surface area contributed by atoms with E-state index in [0.29, 0.717) is 12.4 Å². The zero-order valence-corrected chi connectivity index (χ0v) is 15.0. The standard InChI is InChI=1S/C20H26N4O/c1-3-5-19(25)24-13-4-6-16(14-24)18-11-12-21-20(23-18)22-17-9-7-15(2)8-10-17/h7-12,16H,3-6,13-14H2,1-2H3,(H,21,22,23)/t16-/m0/s1. The highest BCUT2D eigenvalue weighted by molar-refractivity contribution is 5.76. The number of rotatable bonds is 5. The summed E-state index contributed by atoms with van der Waals surface area (Å²) in [5.74, 6) is 1.16. The number of anilines is 2. The van der Waals surface area contributed by atoms with Gasteiger partial charge in [-0.15, -0.1) is 0 Å². The minimum absolute atomic E-state index is 0.263. The third-order valence-electron chi connectivity index (χ3n) is 4.64. The number of hydrogen-bond donors (Lipinski definition) is 1. The van der Waals surface area contributed by atoms with Gasteiger partial charge in [-0.1, -0.05) is 24.6 Å². The Bertz CT molecular complexity index is 714. The van der Waals surface area contributed by atoms with Gasteiger partial charge in [-0.2, -0.15) is 0 Å². The number of carbonyl (C=O) groups excluding carboxylic acids is 1. The van der Waals surface area contributed by atoms with Gasteiger partial charge in [0.1, 0.15) is 0 Å². The molecule has 2 heterocycles. The Morgan fingerprint density at radius 1 is 1.28 bits per heavy atom. The second-order valence-corrected chi connectivity index (χ2v) is 6.73. The van der Waals surface area contributed by atoms with Gasteiger partial charge < -0.3 is 10.2 Å². The maximum atomic E-state index is 12.2. The maximum Gasteiger partial charge on any atom is 0.227 e. The summed E-state index contributed by atoms with van der Waals surface area (Å²) in [7, 11) is 0. The van der Waals surface area contributed by atoms with Gasteiger partial charge in [-0.25, -0.2) is 9.97 Å². The first kappa shape index (κ1) is 17.4. The smallest absolute Gasteiger partial charge is 0.227 e. The van der Waals surface area contributed by atoms with Crippen molar-refractivity contribution in [3.63, 3.8) is 0 Å². The fourth-order valence-corrected chi connectivity index (χ4v) is 3.24. The van der Waals surface area contributed by atoms with Gasteiger partial charge in [0.25, 0.3) is 0 Å². The fourth-order valence-electron chi connectivity index (χ4n) is 3.24. The number of carbonyl (C=O) groups is 1. The predicted molar refractivity (Wildman–Crippen MR) is 100.0 cm³/mol. The second kappa shape index (κ2) is 8.10. The van der Waals surface area contributed by atoms with E-state index in [0.717, 1.165) is 43.7 Å². The highest BCUT2D eigenvalue weighted by atomic mass is 16.2. The molecule has 0 spiro atoms. The maximum absolute atomic E-state index is 12.2. The van der Waals surface area contributed by atoms with Crippen LogP contribution in [0.2, 0.25) is 0 Å². The van der Waals surface area contributed by atoms with E-state index in [-0.39, 0.29) is 11.8 Å². The lowest BCUT2D eigenvalue weighted by atomic mass is 9.94. The van der Waals surface area contributed by atoms with Crippen LogP contribution in [-0.2, 0) is 4.79 Å². The lowest BCUT2D eigenvalue weighted by molar-refractivity contribution is -0.132. The lowest BCUT2D eigenvalue weighted by Gasteiger charge is -2.32. The molecular weight excluding hydrogens is 312 g/mol. The van der Waals surface area contributed by atoms with E-state index in [9.17, 15) is 4.79 Å². The van der Waals surface area contributed by atoms with E-state index >= 15 is 0 Å². The number of nitrogens with zero attached hydrogens (tertiary/aromatic N) is 3. The summed E-state index contributed by atoms with van der Waals surface area (Å²) in [6, 6.07) is 10.1. The summed E-state index contributed by atoms with van der Waals surface area (Å²) in [6.45, 7) is 5.75. The van der Waals surface area contributed by atoms with Crippen molar-refractivity contribution in [1.29, 1.82) is 0 Å². The topological polar surface area (TPSA) is 58.1 Å². The summed E-state index contributed by atoms with van der Waals surface area (Å²) in [6.07, 6.45) is 5.43. The normalized spacial score (nSPS) is 17.4. The lowest BCUT2D eigenvalue weighted by Crippen LogP contribution is -2.39. The highest BCUT2D eigenvalue weighted by Crippen LogP contribution is 2.27. The molecule has 1 saturated heterocycles. The van der Waals surface area contributed by atoms with Crippen molar-refractivity contribution in [3.05, 3.63) is 47.8 Å². The Morgan fingerprint density at radius 3 is 2.84 bits per heavy atom. The molecule has 1 N–H and O–H groups in total. The quantitative estimate of drug-likeness (QED) is 0.894. The average Bonchev–Trinajstić information content (AvgIpc) is 2.64. The molecule has 1 aromatic heterocycles. The number of amides is 1. The van der Waals surface area contributed by atoms with Crippen LogP contribution in [0.25, 0.3) is 0 Å². The van der Waals surface area contributed by atoms with Crippen LogP contribution in [0.1, 0.15) is 49.8 Å². The van der Waals surface area contributed by atoms with Gasteiger partial charge in [0.05, 0.1) is 5.69 Å². The number of hydrogen-bond acceptors (Lipinski definition) is 4. The molecule has 5 heteroatoms. The van der Waals surface area contributed by atoms with Crippen LogP contribution < -0.4 is 5.32 Å². The van der Waals surface area contributed by atoms with Crippen LogP contribution >= 0.6 is 0 Å². The summed E-state index contributed by atoms with van der Waals surface area (Å²) >= 11 is 0. The largest absolute Gasteiger partial charge is 0.342 e. The third kappa shape index (κ3) is 4.56. The molecule has 0 unspecified atom stereocenters. The Balaban J connectivity index is 1.70. The van der Waals surface area contributed by atoms with Gasteiger partial charge in [-0.05, 0) is 44.4 Å². The second-order valence-electron chi connectivity index (χ2n) is 6.73. The number of likely N-dealkylation sites (tertiary alicyclic amines) is 1. The molecule has 1 atom stereocenters. The van der Waals surface area contributed by atoms with E-state index in [2.05, 4.69) is 29.4 Å². The SMILES string of the molecule is CCCC(=O)N1CCC[C@H](c2ccnc(Nc3ccc(C)cc3)n2)C1. The van der Waals surface area contributed by atoms with Crippen molar-refractivity contribution >= 4 is 17.5 Å². The molecule has 1 fully saturated rings. The highest BCUT2D eigenvalue weighted by Gasteiger charge is 2.25. The fraction of sp³-hybridized carbons (Fsp3) is 0.450. The van der Waals surface area contributed by atoms with Crippen molar-refractivity contribution in [1.82, 2.24) is 14.9 Å². The van der Waals surface area contributed by atoms with Crippen LogP contribution in [0.3, 0.4) is 0 Å². The van der Waals surface area contributed by atoms with Crippen molar-refractivity contribution in [3.8, 4) is 0 Å². The van der Waals surface area contributed by atoms with Crippen molar-refractivity contribution in [2.75, 3.05) is 18.4 Å². The summed E-state index contributed by atoms with van der Waals surface area (Å²) < 4.78 is 0. The van der Waals surface area contributed by atoms with Crippen LogP contribution in [-0.4, -0.2) is 33.9 Å². The Morgan fingerprint density at radius 2 is 2.08 bits per heavy atom. The molecular formula is C20H26N4O. The predicted octanol–water partition coefficient (Wildman–Crippen LogP) is 4.03. The zero-order valence-electron chi connectivity index (χ0n) is 15.0. The number of aromatic nitrogens is 2. The van der Waals surface area contributed by atoms with Crippen molar-refractivity contribution in [2.45, 2.75) is 45.4 Å². The summed E-state index contributed by atoms with van der Waals surface area (Å²) in [4.78, 5) is 23.2. The minimum Gasteiger partial charge on any atom is -0.342 e. The summed E-state index contributed by atoms with van der Waals surface area (Å²) in [5.41, 5.74) is 3.21. The molecule has 1 aliphatic heterocycles. The van der Waals surface area contributed by atoms with E-state index in [1.165, 1.54) is 5.56 Å². The van der Waals surface area contributed by atoms with E-state index in [4.69, 9.17) is 4.98 Å². The monoisotopic (exact) mass is 338 g/mol. The van der Waals surface area contributed by atoms with E-state index in [1.807, 2.05) is 30.0 Å². The first-order valence-corrected chi connectivity index (χ1v) is 9.10. The third-order valence-corrected chi connectivity index (χ3v) is 4.64. The molecule has 1 aromatic carbocycles. The first-order valence-electron chi connectivity index (χ1n) is 9.10. The van der Waals surface area contributed by atoms with Gasteiger partial charge in [0.2, 0.25) is 11.9 Å². The molecule has 132 valence electrons. The van der Waals surface area contributed by atoms with Crippen LogP contribution in [0.15, 0.2) is 36.5 Å². The molecule has 5 nitrogen and oxygen atoms in total. The Labute approximate surface area is 149 Å². The molecule has 3 rings (SSSR count). The van der Waals surface area contributed by atoms with E-state index in [1.54, 1.807) is 6.20 Å². The number of piperidine rings is 1. The molecule has 2 aromatic rings. The van der Waals surface area contributed by atoms with Crippen molar-refractivity contribution in [2.24, 2.45) is 0 Å². The molecule has 0 bridgehead atoms. The van der Waals surface area contributed by atoms with Gasteiger partial charge in [-0.3, -0.25) is 4.79 Å². The molecule has 25 heavy (non-hydrogen) atoms. The number of benzene rings is 1. The van der Waals surface area contributed by atoms with Gasteiger partial charge in [0.15, 0.2) is 0 Å². The minimum atomic E-state index is 0.263. The Kier molecular flexibility index (Phi) is 5.64. The van der Waals surface area contributed by atoms with Crippen molar-refractivity contribution < 1.29 is 4.79 Å². The van der Waals surface area contributed by atoms with Crippen LogP contribution in [0.5, 0.6) is 0 Å². The Hall–Kier alpha value is -2.43. The zero-order chi connectivity index (χ0) is 17.6. The molecule has 1 amide bonds. The van der Waals surface area contributed by atoms with Gasteiger partial charge in [0, 0.05) is 37.3 Å². The van der Waals surface area contributed by atoms with Crippen LogP contribution in [0, 0.1) is 6.92 Å². The summed E-state index contributed by atoms with van der Waals surface area (Å²) in [5, 5.41) is 3.26. The van der Waals surface area contributed by atoms with Crippen LogP contribution in [0.4, 0.5) is 11.6 Å². The molecule has 0 saturated carbocycles. The first-order chi connectivity index (χ1) is 12.2. The number of nitrogens with one attached hydrogen (secondary N) is 1. The van der Waals surface area contributed by atoms with E-state index < -0.39 is 0 Å². The molecule has 1 aliphatic rings. The van der Waals surface area contributed by atoms with Gasteiger partial charge >= 0.3 is 0 Å². The average molecular weight is 338 g/mol. The number of aryl methyl sites for hydroxylation is 1. The molecule has 0 radical (unpaired) electrons.